The van der Waals surface area contributed by atoms with E-state index in [0.717, 1.165) is 50.9 Å². The van der Waals surface area contributed by atoms with E-state index in [4.69, 9.17) is 0 Å². The topological polar surface area (TPSA) is 11.4 Å². The average Bonchev–Trinajstić information content (AvgIpc) is 3.63. The fourth-order valence-corrected chi connectivity index (χ4v) is 8.55. The average molecular weight is 786 g/mol. The van der Waals surface area contributed by atoms with Crippen molar-refractivity contribution in [2.24, 2.45) is 0 Å². The molecule has 3 nitrogen and oxygen atoms in total. The van der Waals surface area contributed by atoms with Crippen molar-refractivity contribution in [1.29, 1.82) is 0 Å². The number of aromatic nitrogens is 1. The lowest BCUT2D eigenvalue weighted by Gasteiger charge is -2.30. The molecular weight excluding hydrogens is 739 g/mol. The van der Waals surface area contributed by atoms with Gasteiger partial charge >= 0.3 is 0 Å². The van der Waals surface area contributed by atoms with Crippen molar-refractivity contribution in [3.05, 3.63) is 235 Å². The third kappa shape index (κ3) is 7.36. The van der Waals surface area contributed by atoms with Crippen molar-refractivity contribution in [3.63, 3.8) is 0 Å². The standard InChI is InChI=1S/C58H47N3/c1-40-14-25-48(26-15-40)59(49-27-16-41(2)17-28-49)53-36-47(37-54(39-53)60(50-29-18-42(3)19-30-50)51-31-20-43(4)21-32-51)46-24-35-56-55-12-8-9-13-57(55)61(58(56)38-46)52-33-22-45(23-34-52)44-10-6-5-7-11-44/h5-39H,1-4H3. The summed E-state index contributed by atoms with van der Waals surface area (Å²) in [6, 6.07) is 77.8. The number of aryl methyl sites for hydroxylation is 4. The summed E-state index contributed by atoms with van der Waals surface area (Å²) >= 11 is 0. The van der Waals surface area contributed by atoms with Crippen molar-refractivity contribution >= 4 is 55.9 Å². The molecule has 3 heteroatoms. The summed E-state index contributed by atoms with van der Waals surface area (Å²) in [5.41, 5.74) is 19.6. The van der Waals surface area contributed by atoms with Crippen LogP contribution in [-0.4, -0.2) is 4.57 Å². The Balaban J connectivity index is 1.21. The van der Waals surface area contributed by atoms with Crippen LogP contribution in [0.3, 0.4) is 0 Å². The van der Waals surface area contributed by atoms with E-state index < -0.39 is 0 Å². The molecule has 10 rings (SSSR count). The monoisotopic (exact) mass is 785 g/mol. The zero-order chi connectivity index (χ0) is 41.5. The molecular formula is C58H47N3. The minimum Gasteiger partial charge on any atom is -0.310 e. The molecule has 0 radical (unpaired) electrons. The molecule has 294 valence electrons. The Morgan fingerprint density at radius 2 is 0.689 bits per heavy atom. The van der Waals surface area contributed by atoms with Crippen molar-refractivity contribution in [2.45, 2.75) is 27.7 Å². The van der Waals surface area contributed by atoms with Gasteiger partial charge in [0.1, 0.15) is 0 Å². The molecule has 0 bridgehead atoms. The summed E-state index contributed by atoms with van der Waals surface area (Å²) < 4.78 is 2.42. The second-order valence-corrected chi connectivity index (χ2v) is 16.2. The summed E-state index contributed by atoms with van der Waals surface area (Å²) in [5, 5.41) is 2.46. The largest absolute Gasteiger partial charge is 0.310 e. The first-order chi connectivity index (χ1) is 29.9. The molecule has 10 aromatic rings. The number of para-hydroxylation sites is 1. The Morgan fingerprint density at radius 3 is 1.18 bits per heavy atom. The molecule has 0 N–H and O–H groups in total. The number of hydrogen-bond acceptors (Lipinski definition) is 2. The van der Waals surface area contributed by atoms with Crippen molar-refractivity contribution in [3.8, 4) is 27.9 Å². The first-order valence-corrected chi connectivity index (χ1v) is 21.1. The van der Waals surface area contributed by atoms with Gasteiger partial charge in [-0.1, -0.05) is 144 Å². The molecule has 0 aliphatic carbocycles. The summed E-state index contributed by atoms with van der Waals surface area (Å²) in [6.45, 7) is 8.58. The first-order valence-electron chi connectivity index (χ1n) is 21.1. The van der Waals surface area contributed by atoms with Crippen LogP contribution in [0.1, 0.15) is 22.3 Å². The van der Waals surface area contributed by atoms with Gasteiger partial charge in [-0.05, 0) is 141 Å². The maximum absolute atomic E-state index is 2.42. The highest BCUT2D eigenvalue weighted by Gasteiger charge is 2.21. The molecule has 0 amide bonds. The maximum atomic E-state index is 2.42. The van der Waals surface area contributed by atoms with Crippen molar-refractivity contribution < 1.29 is 0 Å². The summed E-state index contributed by atoms with van der Waals surface area (Å²) in [7, 11) is 0. The Morgan fingerprint density at radius 1 is 0.279 bits per heavy atom. The van der Waals surface area contributed by atoms with E-state index in [2.05, 4.69) is 254 Å². The molecule has 0 aliphatic heterocycles. The molecule has 0 spiro atoms. The second kappa shape index (κ2) is 15.9. The number of hydrogen-bond donors (Lipinski definition) is 0. The van der Waals surface area contributed by atoms with E-state index in [1.54, 1.807) is 0 Å². The molecule has 1 heterocycles. The van der Waals surface area contributed by atoms with Crippen LogP contribution in [-0.2, 0) is 0 Å². The first kappa shape index (κ1) is 37.6. The molecule has 1 aromatic heterocycles. The molecule has 0 atom stereocenters. The number of fused-ring (bicyclic) bond motifs is 3. The van der Waals surface area contributed by atoms with E-state index >= 15 is 0 Å². The minimum absolute atomic E-state index is 1.07. The summed E-state index contributed by atoms with van der Waals surface area (Å²) in [4.78, 5) is 4.77. The van der Waals surface area contributed by atoms with E-state index in [1.165, 1.54) is 55.2 Å². The van der Waals surface area contributed by atoms with Gasteiger partial charge in [-0.2, -0.15) is 0 Å². The number of rotatable bonds is 9. The minimum atomic E-state index is 1.07. The van der Waals surface area contributed by atoms with Crippen molar-refractivity contribution in [1.82, 2.24) is 4.57 Å². The van der Waals surface area contributed by atoms with Crippen LogP contribution >= 0.6 is 0 Å². The van der Waals surface area contributed by atoms with Crippen LogP contribution in [0.15, 0.2) is 212 Å². The van der Waals surface area contributed by atoms with Gasteiger partial charge in [0.25, 0.3) is 0 Å². The SMILES string of the molecule is Cc1ccc(N(c2ccc(C)cc2)c2cc(-c3ccc4c5ccccc5n(-c5ccc(-c6ccccc6)cc5)c4c3)cc(N(c3ccc(C)cc3)c3ccc(C)cc3)c2)cc1. The Labute approximate surface area is 359 Å². The number of nitrogens with zero attached hydrogens (tertiary/aromatic N) is 3. The molecule has 0 saturated carbocycles. The molecule has 9 aromatic carbocycles. The van der Waals surface area contributed by atoms with Crippen LogP contribution in [0.25, 0.3) is 49.7 Å². The Kier molecular flexibility index (Phi) is 9.78. The zero-order valence-electron chi connectivity index (χ0n) is 35.0. The third-order valence-corrected chi connectivity index (χ3v) is 11.8. The number of anilines is 6. The number of benzene rings is 9. The van der Waals surface area contributed by atoms with E-state index in [0.29, 0.717) is 0 Å². The van der Waals surface area contributed by atoms with Crippen LogP contribution in [0.5, 0.6) is 0 Å². The van der Waals surface area contributed by atoms with E-state index in [9.17, 15) is 0 Å². The third-order valence-electron chi connectivity index (χ3n) is 11.8. The molecule has 0 saturated heterocycles. The normalized spacial score (nSPS) is 11.3. The summed E-state index contributed by atoms with van der Waals surface area (Å²) in [6.07, 6.45) is 0. The van der Waals surface area contributed by atoms with Gasteiger partial charge in [-0.3, -0.25) is 0 Å². The second-order valence-electron chi connectivity index (χ2n) is 16.2. The van der Waals surface area contributed by atoms with Crippen molar-refractivity contribution in [2.75, 3.05) is 9.80 Å². The fraction of sp³-hybridized carbons (Fsp3) is 0.0690. The Bertz CT molecular complexity index is 2920. The Hall–Kier alpha value is -7.62. The highest BCUT2D eigenvalue weighted by molar-refractivity contribution is 6.10. The predicted molar refractivity (Wildman–Crippen MR) is 260 cm³/mol. The fourth-order valence-electron chi connectivity index (χ4n) is 8.55. The van der Waals surface area contributed by atoms with Gasteiger partial charge in [0.05, 0.1) is 11.0 Å². The van der Waals surface area contributed by atoms with Crippen LogP contribution in [0.4, 0.5) is 34.1 Å². The lowest BCUT2D eigenvalue weighted by Crippen LogP contribution is -2.13. The van der Waals surface area contributed by atoms with Gasteiger partial charge in [0.2, 0.25) is 0 Å². The van der Waals surface area contributed by atoms with Crippen LogP contribution in [0.2, 0.25) is 0 Å². The highest BCUT2D eigenvalue weighted by atomic mass is 15.2. The van der Waals surface area contributed by atoms with Gasteiger partial charge in [-0.25, -0.2) is 0 Å². The maximum Gasteiger partial charge on any atom is 0.0547 e. The summed E-state index contributed by atoms with van der Waals surface area (Å²) in [5.74, 6) is 0. The van der Waals surface area contributed by atoms with Gasteiger partial charge < -0.3 is 14.4 Å². The van der Waals surface area contributed by atoms with Gasteiger partial charge in [-0.15, -0.1) is 0 Å². The zero-order valence-corrected chi connectivity index (χ0v) is 35.0. The lowest BCUT2D eigenvalue weighted by atomic mass is 10.00. The molecule has 61 heavy (non-hydrogen) atoms. The van der Waals surface area contributed by atoms with Gasteiger partial charge in [0, 0.05) is 50.6 Å². The van der Waals surface area contributed by atoms with E-state index in [1.807, 2.05) is 0 Å². The molecule has 0 aliphatic rings. The van der Waals surface area contributed by atoms with E-state index in [-0.39, 0.29) is 0 Å². The predicted octanol–water partition coefficient (Wildman–Crippen LogP) is 16.3. The van der Waals surface area contributed by atoms with Crippen LogP contribution < -0.4 is 9.80 Å². The highest BCUT2D eigenvalue weighted by Crippen LogP contribution is 2.44. The molecule has 0 unspecified atom stereocenters. The van der Waals surface area contributed by atoms with Gasteiger partial charge in [0.15, 0.2) is 0 Å². The molecule has 0 fully saturated rings. The lowest BCUT2D eigenvalue weighted by molar-refractivity contribution is 1.18. The smallest absolute Gasteiger partial charge is 0.0547 e. The quantitative estimate of drug-likeness (QED) is 0.144. The van der Waals surface area contributed by atoms with Crippen LogP contribution in [0, 0.1) is 27.7 Å².